The first-order valence-electron chi connectivity index (χ1n) is 29.1. The van der Waals surface area contributed by atoms with E-state index in [1.807, 2.05) is 12.2 Å². The molecule has 0 aromatic carbocycles. The number of carbonyl (C=O) groups excluding carboxylic acids is 3. The van der Waals surface area contributed by atoms with Crippen LogP contribution in [0.2, 0.25) is 0 Å². The predicted molar refractivity (Wildman–Crippen MR) is 307 cm³/mol. The van der Waals surface area contributed by atoms with Gasteiger partial charge in [-0.3, -0.25) is 23.4 Å². The van der Waals surface area contributed by atoms with Gasteiger partial charge in [0, 0.05) is 19.3 Å². The van der Waals surface area contributed by atoms with Crippen LogP contribution in [0.25, 0.3) is 0 Å². The van der Waals surface area contributed by atoms with Crippen molar-refractivity contribution in [2.45, 2.75) is 251 Å². The van der Waals surface area contributed by atoms with Gasteiger partial charge in [-0.15, -0.1) is 0 Å². The zero-order valence-corrected chi connectivity index (χ0v) is 47.7. The molecule has 0 aromatic heterocycles. The monoisotopic (exact) mass is 1060 g/mol. The van der Waals surface area contributed by atoms with Crippen molar-refractivity contribution in [2.24, 2.45) is 0 Å². The summed E-state index contributed by atoms with van der Waals surface area (Å²) >= 11 is 0. The van der Waals surface area contributed by atoms with Crippen LogP contribution in [-0.2, 0) is 42.2 Å². The van der Waals surface area contributed by atoms with E-state index in [9.17, 15) is 28.9 Å². The Bertz CT molecular complexity index is 1610. The van der Waals surface area contributed by atoms with Crippen LogP contribution in [0.4, 0.5) is 0 Å². The Morgan fingerprint density at radius 3 is 1.19 bits per heavy atom. The highest BCUT2D eigenvalue weighted by atomic mass is 31.2. The van der Waals surface area contributed by atoms with Gasteiger partial charge in [-0.2, -0.15) is 0 Å². The summed E-state index contributed by atoms with van der Waals surface area (Å²) in [5.41, 5.74) is 0. The summed E-state index contributed by atoms with van der Waals surface area (Å²) in [6, 6.07) is 0. The van der Waals surface area contributed by atoms with Crippen molar-refractivity contribution in [1.29, 1.82) is 0 Å². The molecular weight excluding hydrogens is 952 g/mol. The van der Waals surface area contributed by atoms with Gasteiger partial charge in [-0.25, -0.2) is 4.57 Å². The molecule has 0 amide bonds. The SMILES string of the molecule is CC/C=C\C/C=C\C/C=C\C/C=C\C/C=C\CCCC(=O)OC(COC(=O)CCCCCCCCCCC/C=C\C/C=C\CCCCC)COP(=O)(O)OCC(CO)OC(=O)CCCCCCC/C=C\CCCC. The molecule has 0 bridgehead atoms. The van der Waals surface area contributed by atoms with Gasteiger partial charge in [0.25, 0.3) is 0 Å². The number of unbranched alkanes of at least 4 members (excludes halogenated alkanes) is 20. The molecule has 0 saturated heterocycles. The molecule has 0 aromatic rings. The second-order valence-electron chi connectivity index (χ2n) is 19.1. The third kappa shape index (κ3) is 53.2. The molecule has 0 aliphatic rings. The van der Waals surface area contributed by atoms with Crippen molar-refractivity contribution >= 4 is 25.7 Å². The van der Waals surface area contributed by atoms with Crippen molar-refractivity contribution in [1.82, 2.24) is 0 Å². The van der Waals surface area contributed by atoms with Crippen LogP contribution in [0.3, 0.4) is 0 Å². The first-order chi connectivity index (χ1) is 36.2. The molecule has 0 rings (SSSR count). The van der Waals surface area contributed by atoms with E-state index in [1.165, 1.54) is 70.6 Å². The average molecular weight is 1060 g/mol. The van der Waals surface area contributed by atoms with Crippen LogP contribution in [0.5, 0.6) is 0 Å². The van der Waals surface area contributed by atoms with E-state index in [4.69, 9.17) is 23.3 Å². The summed E-state index contributed by atoms with van der Waals surface area (Å²) in [6.07, 6.45) is 65.2. The first kappa shape index (κ1) is 70.4. The molecular formula is C62H105O11P. The minimum Gasteiger partial charge on any atom is -0.462 e. The number of esters is 3. The second kappa shape index (κ2) is 55.6. The Kier molecular flexibility index (Phi) is 52.9. The van der Waals surface area contributed by atoms with E-state index >= 15 is 0 Å². The van der Waals surface area contributed by atoms with Crippen molar-refractivity contribution < 1.29 is 52.2 Å². The number of phosphoric acid groups is 1. The number of phosphoric ester groups is 1. The maximum atomic E-state index is 12.9. The molecule has 3 atom stereocenters. The van der Waals surface area contributed by atoms with E-state index < -0.39 is 57.8 Å². The number of aliphatic hydroxyl groups excluding tert-OH is 1. The molecule has 0 fully saturated rings. The molecule has 0 spiro atoms. The number of allylic oxidation sites excluding steroid dienone is 16. The lowest BCUT2D eigenvalue weighted by Crippen LogP contribution is -2.30. The maximum Gasteiger partial charge on any atom is 0.472 e. The lowest BCUT2D eigenvalue weighted by atomic mass is 10.1. The van der Waals surface area contributed by atoms with E-state index in [0.29, 0.717) is 25.7 Å². The van der Waals surface area contributed by atoms with Gasteiger partial charge in [0.1, 0.15) is 12.7 Å². The Morgan fingerprint density at radius 2 is 0.730 bits per heavy atom. The van der Waals surface area contributed by atoms with Gasteiger partial charge < -0.3 is 24.2 Å². The molecule has 74 heavy (non-hydrogen) atoms. The normalized spacial score (nSPS) is 14.1. The summed E-state index contributed by atoms with van der Waals surface area (Å²) in [7, 11) is -4.77. The van der Waals surface area contributed by atoms with Crippen LogP contribution in [0.1, 0.15) is 239 Å². The summed E-state index contributed by atoms with van der Waals surface area (Å²) in [5, 5.41) is 9.79. The number of hydrogen-bond acceptors (Lipinski definition) is 10. The molecule has 3 unspecified atom stereocenters. The maximum absolute atomic E-state index is 12.9. The molecule has 0 heterocycles. The van der Waals surface area contributed by atoms with Gasteiger partial charge in [0.2, 0.25) is 0 Å². The van der Waals surface area contributed by atoms with Gasteiger partial charge in [-0.05, 0) is 109 Å². The van der Waals surface area contributed by atoms with Gasteiger partial charge in [0.15, 0.2) is 6.10 Å². The Hall–Kier alpha value is -3.60. The minimum absolute atomic E-state index is 0.0844. The topological polar surface area (TPSA) is 155 Å². The van der Waals surface area contributed by atoms with Crippen LogP contribution in [0, 0.1) is 0 Å². The van der Waals surface area contributed by atoms with E-state index in [2.05, 4.69) is 106 Å². The van der Waals surface area contributed by atoms with E-state index in [-0.39, 0.29) is 25.9 Å². The van der Waals surface area contributed by atoms with Crippen molar-refractivity contribution in [3.8, 4) is 0 Å². The summed E-state index contributed by atoms with van der Waals surface area (Å²) in [5.74, 6) is -1.55. The number of ether oxygens (including phenoxy) is 3. The summed E-state index contributed by atoms with van der Waals surface area (Å²) in [4.78, 5) is 48.5. The number of hydrogen-bond donors (Lipinski definition) is 2. The Labute approximate surface area is 451 Å². The highest BCUT2D eigenvalue weighted by molar-refractivity contribution is 7.47. The highest BCUT2D eigenvalue weighted by Crippen LogP contribution is 2.43. The van der Waals surface area contributed by atoms with Crippen LogP contribution in [-0.4, -0.2) is 66.5 Å². The van der Waals surface area contributed by atoms with Crippen molar-refractivity contribution in [3.05, 3.63) is 97.2 Å². The molecule has 11 nitrogen and oxygen atoms in total. The quantitative estimate of drug-likeness (QED) is 0.0197. The third-order valence-electron chi connectivity index (χ3n) is 12.0. The Balaban J connectivity index is 4.81. The van der Waals surface area contributed by atoms with Crippen LogP contribution >= 0.6 is 7.82 Å². The fraction of sp³-hybridized carbons (Fsp3) is 0.694. The fourth-order valence-corrected chi connectivity index (χ4v) is 8.30. The standard InChI is InChI=1S/C62H105O11P/c1-4-7-10-13-16-19-22-24-26-28-29-31-32-34-37-39-42-45-48-51-60(64)69-55-59(73-62(66)53-50-47-44-41-38-35-33-30-27-25-23-20-17-14-11-8-5-2)57-71-74(67,68)70-56-58(54-63)72-61(65)52-49-46-43-40-36-21-18-15-12-9-6-3/h8,11,15-20,24-27,33,35,41,44,58-59,63H,4-7,9-10,12-14,21-23,28-32,34,36-40,42-43,45-57H2,1-3H3,(H,67,68)/b11-8-,18-15-,19-16-,20-17-,26-24-,27-25-,35-33-,44-41-. The second-order valence-corrected chi connectivity index (χ2v) is 20.5. The van der Waals surface area contributed by atoms with Gasteiger partial charge >= 0.3 is 25.7 Å². The van der Waals surface area contributed by atoms with Crippen LogP contribution in [0.15, 0.2) is 97.2 Å². The third-order valence-corrected chi connectivity index (χ3v) is 12.9. The first-order valence-corrected chi connectivity index (χ1v) is 30.6. The summed E-state index contributed by atoms with van der Waals surface area (Å²) < 4.78 is 39.4. The zero-order valence-electron chi connectivity index (χ0n) is 46.8. The predicted octanol–water partition coefficient (Wildman–Crippen LogP) is 17.3. The fourth-order valence-electron chi connectivity index (χ4n) is 7.52. The van der Waals surface area contributed by atoms with E-state index in [0.717, 1.165) is 103 Å². The molecule has 0 aliphatic heterocycles. The molecule has 12 heteroatoms. The largest absolute Gasteiger partial charge is 0.472 e. The molecule has 0 saturated carbocycles. The van der Waals surface area contributed by atoms with E-state index in [1.54, 1.807) is 0 Å². The molecule has 424 valence electrons. The number of rotatable bonds is 53. The minimum atomic E-state index is -4.77. The van der Waals surface area contributed by atoms with Crippen molar-refractivity contribution in [3.63, 3.8) is 0 Å². The van der Waals surface area contributed by atoms with Gasteiger partial charge in [0.05, 0.1) is 19.8 Å². The summed E-state index contributed by atoms with van der Waals surface area (Å²) in [6.45, 7) is 4.38. The lowest BCUT2D eigenvalue weighted by molar-refractivity contribution is -0.161. The number of aliphatic hydroxyl groups is 1. The molecule has 0 aliphatic carbocycles. The molecule has 0 radical (unpaired) electrons. The number of carbonyl (C=O) groups is 3. The highest BCUT2D eigenvalue weighted by Gasteiger charge is 2.28. The van der Waals surface area contributed by atoms with Gasteiger partial charge in [-0.1, -0.05) is 208 Å². The zero-order chi connectivity index (χ0) is 54.1. The van der Waals surface area contributed by atoms with Crippen LogP contribution < -0.4 is 0 Å². The van der Waals surface area contributed by atoms with Crippen molar-refractivity contribution in [2.75, 3.05) is 26.4 Å². The molecule has 2 N–H and O–H groups in total. The smallest absolute Gasteiger partial charge is 0.462 e. The lowest BCUT2D eigenvalue weighted by Gasteiger charge is -2.21. The Morgan fingerprint density at radius 1 is 0.392 bits per heavy atom. The average Bonchev–Trinajstić information content (AvgIpc) is 3.39.